The first-order valence-corrected chi connectivity index (χ1v) is 6.71. The lowest BCUT2D eigenvalue weighted by molar-refractivity contribution is 0.174. The third kappa shape index (κ3) is 2.79. The predicted molar refractivity (Wildman–Crippen MR) is 80.9 cm³/mol. The Bertz CT molecular complexity index is 550. The summed E-state index contributed by atoms with van der Waals surface area (Å²) in [5, 5.41) is 10.1. The number of hydrogen-bond donors (Lipinski definition) is 1. The molecule has 0 unspecified atom stereocenters. The van der Waals surface area contributed by atoms with Crippen molar-refractivity contribution >= 4 is 11.4 Å². The molecular weight excluding hydrogens is 234 g/mol. The predicted octanol–water partition coefficient (Wildman–Crippen LogP) is 4.21. The fourth-order valence-corrected chi connectivity index (χ4v) is 2.36. The van der Waals surface area contributed by atoms with Gasteiger partial charge in [0.15, 0.2) is 0 Å². The zero-order valence-corrected chi connectivity index (χ0v) is 11.8. The van der Waals surface area contributed by atoms with Gasteiger partial charge >= 0.3 is 0 Å². The molecule has 0 amide bonds. The van der Waals surface area contributed by atoms with Gasteiger partial charge in [-0.2, -0.15) is 0 Å². The average molecular weight is 255 g/mol. The Labute approximate surface area is 115 Å². The van der Waals surface area contributed by atoms with Crippen LogP contribution in [0.25, 0.3) is 0 Å². The van der Waals surface area contributed by atoms with E-state index in [1.54, 1.807) is 0 Å². The van der Waals surface area contributed by atoms with Crippen molar-refractivity contribution in [3.63, 3.8) is 0 Å². The van der Waals surface area contributed by atoms with Gasteiger partial charge in [-0.1, -0.05) is 43.3 Å². The maximum Gasteiger partial charge on any atom is 0.0807 e. The van der Waals surface area contributed by atoms with Crippen LogP contribution < -0.4 is 4.90 Å². The van der Waals surface area contributed by atoms with Crippen LogP contribution in [0.3, 0.4) is 0 Å². The Morgan fingerprint density at radius 1 is 1.00 bits per heavy atom. The number of hydrogen-bond acceptors (Lipinski definition) is 2. The Balaban J connectivity index is 2.45. The van der Waals surface area contributed by atoms with Crippen LogP contribution >= 0.6 is 0 Å². The number of aryl methyl sites for hydroxylation is 1. The topological polar surface area (TPSA) is 23.5 Å². The van der Waals surface area contributed by atoms with E-state index in [0.717, 1.165) is 17.7 Å². The van der Waals surface area contributed by atoms with Crippen molar-refractivity contribution in [3.8, 4) is 0 Å². The zero-order chi connectivity index (χ0) is 13.8. The van der Waals surface area contributed by atoms with Crippen molar-refractivity contribution in [2.45, 2.75) is 26.4 Å². The largest absolute Gasteiger partial charge is 0.388 e. The molecule has 0 bridgehead atoms. The number of aliphatic hydroxyl groups excluding tert-OH is 1. The van der Waals surface area contributed by atoms with Gasteiger partial charge in [0, 0.05) is 24.0 Å². The van der Waals surface area contributed by atoms with E-state index < -0.39 is 6.10 Å². The van der Waals surface area contributed by atoms with E-state index in [-0.39, 0.29) is 0 Å². The maximum absolute atomic E-state index is 10.1. The summed E-state index contributed by atoms with van der Waals surface area (Å²) in [5.74, 6) is 0. The molecule has 0 saturated carbocycles. The zero-order valence-electron chi connectivity index (χ0n) is 11.8. The van der Waals surface area contributed by atoms with Crippen molar-refractivity contribution in [1.29, 1.82) is 0 Å². The van der Waals surface area contributed by atoms with E-state index in [1.807, 2.05) is 44.3 Å². The summed E-state index contributed by atoms with van der Waals surface area (Å²) in [6.45, 7) is 4.10. The fraction of sp³-hybridized carbons (Fsp3) is 0.294. The second-order valence-electron chi connectivity index (χ2n) is 4.83. The monoisotopic (exact) mass is 255 g/mol. The molecular formula is C17H21NO. The van der Waals surface area contributed by atoms with Crippen LogP contribution in [0.2, 0.25) is 0 Å². The summed E-state index contributed by atoms with van der Waals surface area (Å²) in [6.07, 6.45) is 0.307. The molecule has 1 atom stereocenters. The lowest BCUT2D eigenvalue weighted by Gasteiger charge is -2.25. The Morgan fingerprint density at radius 2 is 1.58 bits per heavy atom. The van der Waals surface area contributed by atoms with E-state index in [1.165, 1.54) is 11.3 Å². The second kappa shape index (κ2) is 5.89. The summed E-state index contributed by atoms with van der Waals surface area (Å²) in [6, 6.07) is 16.3. The van der Waals surface area contributed by atoms with E-state index >= 15 is 0 Å². The molecule has 19 heavy (non-hydrogen) atoms. The highest BCUT2D eigenvalue weighted by Crippen LogP contribution is 2.33. The van der Waals surface area contributed by atoms with Crippen LogP contribution in [-0.4, -0.2) is 12.2 Å². The first kappa shape index (κ1) is 13.6. The Kier molecular flexibility index (Phi) is 4.23. The van der Waals surface area contributed by atoms with Crippen molar-refractivity contribution in [2.24, 2.45) is 0 Å². The van der Waals surface area contributed by atoms with Gasteiger partial charge in [0.05, 0.1) is 6.10 Å². The Hall–Kier alpha value is -1.80. The van der Waals surface area contributed by atoms with Crippen molar-refractivity contribution in [2.75, 3.05) is 11.9 Å². The van der Waals surface area contributed by atoms with Crippen LogP contribution in [0.5, 0.6) is 0 Å². The molecule has 0 aliphatic heterocycles. The molecule has 0 aliphatic carbocycles. The van der Waals surface area contributed by atoms with E-state index in [4.69, 9.17) is 0 Å². The normalized spacial score (nSPS) is 12.2. The standard InChI is InChI=1S/C17H21NO/c1-4-17(19)14-10-6-8-12-16(14)18(3)15-11-7-5-9-13(15)2/h5-12,17,19H,4H2,1-3H3/t17-/m0/s1. The maximum atomic E-state index is 10.1. The van der Waals surface area contributed by atoms with Gasteiger partial charge in [0.25, 0.3) is 0 Å². The fourth-order valence-electron chi connectivity index (χ4n) is 2.36. The summed E-state index contributed by atoms with van der Waals surface area (Å²) in [4.78, 5) is 2.14. The molecule has 0 fully saturated rings. The molecule has 2 rings (SSSR count). The third-order valence-corrected chi connectivity index (χ3v) is 3.52. The summed E-state index contributed by atoms with van der Waals surface area (Å²) in [7, 11) is 2.05. The average Bonchev–Trinajstić information content (AvgIpc) is 2.46. The molecule has 1 N–H and O–H groups in total. The van der Waals surface area contributed by atoms with E-state index in [2.05, 4.69) is 30.0 Å². The van der Waals surface area contributed by atoms with Crippen LogP contribution in [0, 0.1) is 6.92 Å². The number of para-hydroxylation sites is 2. The first-order valence-electron chi connectivity index (χ1n) is 6.71. The summed E-state index contributed by atoms with van der Waals surface area (Å²) in [5.41, 5.74) is 4.44. The third-order valence-electron chi connectivity index (χ3n) is 3.52. The van der Waals surface area contributed by atoms with Crippen molar-refractivity contribution < 1.29 is 5.11 Å². The van der Waals surface area contributed by atoms with Crippen LogP contribution in [0.4, 0.5) is 11.4 Å². The first-order chi connectivity index (χ1) is 9.15. The van der Waals surface area contributed by atoms with Gasteiger partial charge < -0.3 is 10.0 Å². The Morgan fingerprint density at radius 3 is 2.21 bits per heavy atom. The number of nitrogens with zero attached hydrogens (tertiary/aromatic N) is 1. The molecule has 100 valence electrons. The highest BCUT2D eigenvalue weighted by atomic mass is 16.3. The molecule has 2 aromatic rings. The van der Waals surface area contributed by atoms with E-state index in [0.29, 0.717) is 0 Å². The lowest BCUT2D eigenvalue weighted by Crippen LogP contribution is -2.14. The number of aliphatic hydroxyl groups is 1. The smallest absolute Gasteiger partial charge is 0.0807 e. The molecule has 0 saturated heterocycles. The minimum absolute atomic E-state index is 0.414. The molecule has 2 nitrogen and oxygen atoms in total. The van der Waals surface area contributed by atoms with Gasteiger partial charge in [-0.25, -0.2) is 0 Å². The minimum atomic E-state index is -0.414. The van der Waals surface area contributed by atoms with Gasteiger partial charge in [-0.3, -0.25) is 0 Å². The van der Waals surface area contributed by atoms with Crippen molar-refractivity contribution in [1.82, 2.24) is 0 Å². The van der Waals surface area contributed by atoms with Gasteiger partial charge in [-0.05, 0) is 31.0 Å². The van der Waals surface area contributed by atoms with Gasteiger partial charge in [-0.15, -0.1) is 0 Å². The number of rotatable bonds is 4. The molecule has 0 aliphatic rings. The molecule has 0 radical (unpaired) electrons. The SMILES string of the molecule is CC[C@H](O)c1ccccc1N(C)c1ccccc1C. The number of anilines is 2. The summed E-state index contributed by atoms with van der Waals surface area (Å²) >= 11 is 0. The van der Waals surface area contributed by atoms with Crippen molar-refractivity contribution in [3.05, 3.63) is 59.7 Å². The van der Waals surface area contributed by atoms with Crippen LogP contribution in [0.15, 0.2) is 48.5 Å². The molecule has 2 heteroatoms. The molecule has 0 heterocycles. The lowest BCUT2D eigenvalue weighted by atomic mass is 10.0. The highest BCUT2D eigenvalue weighted by molar-refractivity contribution is 5.68. The minimum Gasteiger partial charge on any atom is -0.388 e. The quantitative estimate of drug-likeness (QED) is 0.884. The van der Waals surface area contributed by atoms with Gasteiger partial charge in [0.2, 0.25) is 0 Å². The summed E-state index contributed by atoms with van der Waals surface area (Å²) < 4.78 is 0. The number of benzene rings is 2. The second-order valence-corrected chi connectivity index (χ2v) is 4.83. The van der Waals surface area contributed by atoms with Crippen LogP contribution in [-0.2, 0) is 0 Å². The van der Waals surface area contributed by atoms with Crippen LogP contribution in [0.1, 0.15) is 30.6 Å². The molecule has 0 spiro atoms. The van der Waals surface area contributed by atoms with Gasteiger partial charge in [0.1, 0.15) is 0 Å². The highest BCUT2D eigenvalue weighted by Gasteiger charge is 2.14. The molecule has 0 aromatic heterocycles. The molecule has 2 aromatic carbocycles. The van der Waals surface area contributed by atoms with E-state index in [9.17, 15) is 5.11 Å².